The highest BCUT2D eigenvalue weighted by Crippen LogP contribution is 2.22. The third kappa shape index (κ3) is 3.00. The molecule has 4 nitrogen and oxygen atoms in total. The van der Waals surface area contributed by atoms with Crippen molar-refractivity contribution < 1.29 is 9.59 Å². The molecule has 2 amide bonds. The molecule has 0 spiro atoms. The summed E-state index contributed by atoms with van der Waals surface area (Å²) < 4.78 is 0. The van der Waals surface area contributed by atoms with Crippen molar-refractivity contribution in [2.75, 3.05) is 11.4 Å². The van der Waals surface area contributed by atoms with Crippen molar-refractivity contribution in [2.45, 2.75) is 45.6 Å². The van der Waals surface area contributed by atoms with E-state index in [0.717, 1.165) is 5.69 Å². The second-order valence-corrected chi connectivity index (χ2v) is 5.51. The molecule has 0 bridgehead atoms. The van der Waals surface area contributed by atoms with Gasteiger partial charge in [-0.1, -0.05) is 32.9 Å². The molecule has 1 aromatic rings. The van der Waals surface area contributed by atoms with Crippen LogP contribution < -0.4 is 10.2 Å². The molecule has 0 radical (unpaired) electrons. The molecule has 20 heavy (non-hydrogen) atoms. The Bertz CT molecular complexity index is 494. The van der Waals surface area contributed by atoms with Crippen LogP contribution in [-0.4, -0.2) is 24.4 Å². The number of benzene rings is 1. The van der Waals surface area contributed by atoms with Crippen molar-refractivity contribution in [1.82, 2.24) is 5.32 Å². The zero-order valence-corrected chi connectivity index (χ0v) is 12.3. The van der Waals surface area contributed by atoms with E-state index in [1.165, 1.54) is 5.56 Å². The molecule has 1 N–H and O–H groups in total. The Hall–Kier alpha value is -1.84. The van der Waals surface area contributed by atoms with Crippen LogP contribution in [0.1, 0.15) is 45.1 Å². The standard InChI is InChI=1S/C16H22N2O2/c1-4-14-16(20)18(10-9-15(19)17-14)13-7-5-12(6-8-13)11(2)3/h5-8,11,14H,4,9-10H2,1-3H3,(H,17,19). The number of anilines is 1. The minimum atomic E-state index is -0.408. The van der Waals surface area contributed by atoms with Crippen LogP contribution >= 0.6 is 0 Å². The molecule has 1 heterocycles. The van der Waals surface area contributed by atoms with Crippen molar-refractivity contribution in [1.29, 1.82) is 0 Å². The average molecular weight is 274 g/mol. The van der Waals surface area contributed by atoms with E-state index in [2.05, 4.69) is 19.2 Å². The van der Waals surface area contributed by atoms with Gasteiger partial charge in [0.25, 0.3) is 0 Å². The summed E-state index contributed by atoms with van der Waals surface area (Å²) in [5, 5.41) is 2.78. The van der Waals surface area contributed by atoms with E-state index in [9.17, 15) is 9.59 Å². The van der Waals surface area contributed by atoms with Crippen molar-refractivity contribution in [3.05, 3.63) is 29.8 Å². The van der Waals surface area contributed by atoms with Gasteiger partial charge in [0.15, 0.2) is 0 Å². The highest BCUT2D eigenvalue weighted by atomic mass is 16.2. The van der Waals surface area contributed by atoms with Crippen LogP contribution in [0, 0.1) is 0 Å². The number of amides is 2. The van der Waals surface area contributed by atoms with Crippen LogP contribution in [0.3, 0.4) is 0 Å². The SMILES string of the molecule is CCC1NC(=O)CCN(c2ccc(C(C)C)cc2)C1=O. The lowest BCUT2D eigenvalue weighted by Crippen LogP contribution is -2.44. The molecule has 108 valence electrons. The summed E-state index contributed by atoms with van der Waals surface area (Å²) in [5.41, 5.74) is 2.12. The van der Waals surface area contributed by atoms with Gasteiger partial charge in [0.2, 0.25) is 11.8 Å². The first-order valence-corrected chi connectivity index (χ1v) is 7.23. The lowest BCUT2D eigenvalue weighted by molar-refractivity contribution is -0.125. The van der Waals surface area contributed by atoms with Gasteiger partial charge in [0.1, 0.15) is 6.04 Å². The maximum Gasteiger partial charge on any atom is 0.249 e. The molecule has 4 heteroatoms. The molecule has 1 fully saturated rings. The Morgan fingerprint density at radius 3 is 2.45 bits per heavy atom. The van der Waals surface area contributed by atoms with Gasteiger partial charge in [-0.3, -0.25) is 9.59 Å². The first-order valence-electron chi connectivity index (χ1n) is 7.23. The minimum Gasteiger partial charge on any atom is -0.344 e. The molecule has 1 aliphatic heterocycles. The maximum absolute atomic E-state index is 12.5. The van der Waals surface area contributed by atoms with Gasteiger partial charge in [-0.15, -0.1) is 0 Å². The zero-order valence-electron chi connectivity index (χ0n) is 12.3. The van der Waals surface area contributed by atoms with Crippen molar-refractivity contribution in [2.24, 2.45) is 0 Å². The van der Waals surface area contributed by atoms with Gasteiger partial charge in [0, 0.05) is 18.7 Å². The Morgan fingerprint density at radius 1 is 1.25 bits per heavy atom. The minimum absolute atomic E-state index is 0.0179. The largest absolute Gasteiger partial charge is 0.344 e. The molecular formula is C16H22N2O2. The highest BCUT2D eigenvalue weighted by molar-refractivity contribution is 6.01. The lowest BCUT2D eigenvalue weighted by atomic mass is 10.0. The monoisotopic (exact) mass is 274 g/mol. The van der Waals surface area contributed by atoms with Crippen LogP contribution in [0.5, 0.6) is 0 Å². The molecular weight excluding hydrogens is 252 g/mol. The van der Waals surface area contributed by atoms with Gasteiger partial charge in [-0.25, -0.2) is 0 Å². The number of carbonyl (C=O) groups excluding carboxylic acids is 2. The lowest BCUT2D eigenvalue weighted by Gasteiger charge is -2.24. The molecule has 1 aliphatic rings. The number of hydrogen-bond donors (Lipinski definition) is 1. The summed E-state index contributed by atoms with van der Waals surface area (Å²) in [4.78, 5) is 25.8. The Kier molecular flexibility index (Phi) is 4.42. The van der Waals surface area contributed by atoms with Crippen molar-refractivity contribution in [3.8, 4) is 0 Å². The quantitative estimate of drug-likeness (QED) is 0.920. The number of nitrogens with one attached hydrogen (secondary N) is 1. The summed E-state index contributed by atoms with van der Waals surface area (Å²) in [6.07, 6.45) is 0.972. The van der Waals surface area contributed by atoms with E-state index < -0.39 is 6.04 Å². The smallest absolute Gasteiger partial charge is 0.249 e. The topological polar surface area (TPSA) is 49.4 Å². The average Bonchev–Trinajstić information content (AvgIpc) is 2.58. The normalized spacial score (nSPS) is 20.0. The molecule has 2 rings (SSSR count). The van der Waals surface area contributed by atoms with Crippen LogP contribution in [0.25, 0.3) is 0 Å². The van der Waals surface area contributed by atoms with E-state index in [1.807, 2.05) is 31.2 Å². The molecule has 0 aromatic heterocycles. The van der Waals surface area contributed by atoms with Crippen LogP contribution in [0.2, 0.25) is 0 Å². The highest BCUT2D eigenvalue weighted by Gasteiger charge is 2.29. The Labute approximate surface area is 120 Å². The van der Waals surface area contributed by atoms with Crippen LogP contribution in [0.15, 0.2) is 24.3 Å². The van der Waals surface area contributed by atoms with Crippen molar-refractivity contribution >= 4 is 17.5 Å². The molecule has 1 atom stereocenters. The van der Waals surface area contributed by atoms with Crippen molar-refractivity contribution in [3.63, 3.8) is 0 Å². The van der Waals surface area contributed by atoms with E-state index in [1.54, 1.807) is 4.90 Å². The Morgan fingerprint density at radius 2 is 1.90 bits per heavy atom. The molecule has 1 aromatic carbocycles. The number of carbonyl (C=O) groups is 2. The predicted molar refractivity (Wildman–Crippen MR) is 79.7 cm³/mol. The van der Waals surface area contributed by atoms with Gasteiger partial charge in [0.05, 0.1) is 0 Å². The second kappa shape index (κ2) is 6.07. The van der Waals surface area contributed by atoms with E-state index in [0.29, 0.717) is 25.3 Å². The number of hydrogen-bond acceptors (Lipinski definition) is 2. The van der Waals surface area contributed by atoms with E-state index in [4.69, 9.17) is 0 Å². The number of nitrogens with zero attached hydrogens (tertiary/aromatic N) is 1. The maximum atomic E-state index is 12.5. The fraction of sp³-hybridized carbons (Fsp3) is 0.500. The van der Waals surface area contributed by atoms with Gasteiger partial charge >= 0.3 is 0 Å². The summed E-state index contributed by atoms with van der Waals surface area (Å²) in [7, 11) is 0. The van der Waals surface area contributed by atoms with Crippen LogP contribution in [0.4, 0.5) is 5.69 Å². The fourth-order valence-electron chi connectivity index (χ4n) is 2.41. The molecule has 0 saturated carbocycles. The first kappa shape index (κ1) is 14.6. The third-order valence-electron chi connectivity index (χ3n) is 3.74. The summed E-state index contributed by atoms with van der Waals surface area (Å²) >= 11 is 0. The predicted octanol–water partition coefficient (Wildman–Crippen LogP) is 2.44. The van der Waals surface area contributed by atoms with Gasteiger partial charge < -0.3 is 10.2 Å². The van der Waals surface area contributed by atoms with Gasteiger partial charge in [-0.2, -0.15) is 0 Å². The second-order valence-electron chi connectivity index (χ2n) is 5.51. The molecule has 0 aliphatic carbocycles. The summed E-state index contributed by atoms with van der Waals surface area (Å²) in [6, 6.07) is 7.63. The van der Waals surface area contributed by atoms with Gasteiger partial charge in [-0.05, 0) is 30.0 Å². The fourth-order valence-corrected chi connectivity index (χ4v) is 2.41. The van der Waals surface area contributed by atoms with Crippen LogP contribution in [-0.2, 0) is 9.59 Å². The zero-order chi connectivity index (χ0) is 14.7. The first-order chi connectivity index (χ1) is 9.52. The molecule has 1 saturated heterocycles. The summed E-state index contributed by atoms with van der Waals surface area (Å²) in [5.74, 6) is 0.401. The summed E-state index contributed by atoms with van der Waals surface area (Å²) in [6.45, 7) is 6.64. The number of rotatable bonds is 3. The third-order valence-corrected chi connectivity index (χ3v) is 3.74. The Balaban J connectivity index is 2.25. The molecule has 1 unspecified atom stereocenters. The van der Waals surface area contributed by atoms with E-state index in [-0.39, 0.29) is 11.8 Å². The van der Waals surface area contributed by atoms with E-state index >= 15 is 0 Å².